The van der Waals surface area contributed by atoms with Gasteiger partial charge in [-0.05, 0) is 63.4 Å². The van der Waals surface area contributed by atoms with E-state index in [-0.39, 0.29) is 5.78 Å². The maximum absolute atomic E-state index is 11.0. The van der Waals surface area contributed by atoms with Gasteiger partial charge in [-0.1, -0.05) is 12.1 Å². The molecule has 0 fully saturated rings. The van der Waals surface area contributed by atoms with E-state index in [1.54, 1.807) is 6.92 Å². The quantitative estimate of drug-likeness (QED) is 0.779. The Bertz CT molecular complexity index is 410. The molecule has 0 aromatic heterocycles. The average molecular weight is 233 g/mol. The number of carbonyl (C=O) groups is 1. The summed E-state index contributed by atoms with van der Waals surface area (Å²) in [6.45, 7) is 9.62. The number of Topliss-reactive ketones (excluding diaryl/α,β-unsaturated/α-hetero) is 1. The molecule has 0 bridgehead atoms. The molecule has 0 spiro atoms. The summed E-state index contributed by atoms with van der Waals surface area (Å²) in [6.07, 6.45) is 1.01. The molecule has 2 nitrogen and oxygen atoms in total. The molecule has 0 aliphatic carbocycles. The molecular formula is C15H23NO. The Kier molecular flexibility index (Phi) is 4.88. The lowest BCUT2D eigenvalue weighted by atomic mass is 9.97. The summed E-state index contributed by atoms with van der Waals surface area (Å²) in [5.74, 6) is 0.226. The van der Waals surface area contributed by atoms with Crippen molar-refractivity contribution >= 4 is 5.78 Å². The Labute approximate surface area is 105 Å². The molecule has 1 aromatic carbocycles. The Hall–Kier alpha value is -1.15. The molecular weight excluding hydrogens is 210 g/mol. The van der Waals surface area contributed by atoms with Gasteiger partial charge in [0.15, 0.2) is 0 Å². The number of hydrogen-bond donors (Lipinski definition) is 0. The summed E-state index contributed by atoms with van der Waals surface area (Å²) in [4.78, 5) is 13.1. The molecule has 0 atom stereocenters. The van der Waals surface area contributed by atoms with Gasteiger partial charge in [-0.2, -0.15) is 0 Å². The smallest absolute Gasteiger partial charge is 0.143 e. The summed E-state index contributed by atoms with van der Waals surface area (Å²) in [7, 11) is 2.00. The molecule has 2 heteroatoms. The van der Waals surface area contributed by atoms with Crippen LogP contribution in [0.25, 0.3) is 0 Å². The van der Waals surface area contributed by atoms with Crippen LogP contribution in [0.3, 0.4) is 0 Å². The zero-order chi connectivity index (χ0) is 13.0. The van der Waals surface area contributed by atoms with E-state index in [9.17, 15) is 4.79 Å². The van der Waals surface area contributed by atoms with Gasteiger partial charge in [-0.25, -0.2) is 0 Å². The van der Waals surface area contributed by atoms with Gasteiger partial charge in [0.2, 0.25) is 0 Å². The molecule has 0 aliphatic heterocycles. The zero-order valence-corrected chi connectivity index (χ0v) is 11.6. The monoisotopic (exact) mass is 233 g/mol. The third kappa shape index (κ3) is 3.97. The van der Waals surface area contributed by atoms with E-state index in [0.29, 0.717) is 6.54 Å². The third-order valence-electron chi connectivity index (χ3n) is 3.43. The van der Waals surface area contributed by atoms with E-state index < -0.39 is 0 Å². The molecule has 0 saturated carbocycles. The van der Waals surface area contributed by atoms with E-state index in [0.717, 1.165) is 13.0 Å². The van der Waals surface area contributed by atoms with Crippen LogP contribution in [0.2, 0.25) is 0 Å². The van der Waals surface area contributed by atoms with E-state index in [1.165, 1.54) is 22.3 Å². The van der Waals surface area contributed by atoms with Crippen LogP contribution in [0.1, 0.15) is 29.2 Å². The van der Waals surface area contributed by atoms with Crippen molar-refractivity contribution in [2.75, 3.05) is 20.1 Å². The maximum atomic E-state index is 11.0. The number of aryl methyl sites for hydroxylation is 1. The van der Waals surface area contributed by atoms with E-state index in [2.05, 4.69) is 37.8 Å². The molecule has 94 valence electrons. The van der Waals surface area contributed by atoms with Crippen molar-refractivity contribution in [3.8, 4) is 0 Å². The van der Waals surface area contributed by atoms with Gasteiger partial charge in [0, 0.05) is 6.54 Å². The van der Waals surface area contributed by atoms with Crippen molar-refractivity contribution in [3.63, 3.8) is 0 Å². The maximum Gasteiger partial charge on any atom is 0.143 e. The number of carbonyl (C=O) groups excluding carboxylic acids is 1. The summed E-state index contributed by atoms with van der Waals surface area (Å²) in [6, 6.07) is 4.39. The normalized spacial score (nSPS) is 10.9. The topological polar surface area (TPSA) is 20.3 Å². The highest BCUT2D eigenvalue weighted by Crippen LogP contribution is 2.17. The lowest BCUT2D eigenvalue weighted by molar-refractivity contribution is -0.117. The second-order valence-electron chi connectivity index (χ2n) is 4.98. The van der Waals surface area contributed by atoms with Crippen LogP contribution >= 0.6 is 0 Å². The fourth-order valence-electron chi connectivity index (χ4n) is 2.05. The largest absolute Gasteiger partial charge is 0.299 e. The van der Waals surface area contributed by atoms with Crippen LogP contribution in [0.5, 0.6) is 0 Å². The first kappa shape index (κ1) is 13.9. The minimum Gasteiger partial charge on any atom is -0.299 e. The first-order valence-corrected chi connectivity index (χ1v) is 6.15. The Balaban J connectivity index is 2.64. The minimum absolute atomic E-state index is 0.226. The van der Waals surface area contributed by atoms with E-state index in [4.69, 9.17) is 0 Å². The van der Waals surface area contributed by atoms with E-state index >= 15 is 0 Å². The fourth-order valence-corrected chi connectivity index (χ4v) is 2.05. The summed E-state index contributed by atoms with van der Waals surface area (Å²) >= 11 is 0. The van der Waals surface area contributed by atoms with Crippen molar-refractivity contribution in [2.45, 2.75) is 34.1 Å². The van der Waals surface area contributed by atoms with Gasteiger partial charge in [0.05, 0.1) is 6.54 Å². The first-order valence-electron chi connectivity index (χ1n) is 6.15. The average Bonchev–Trinajstić information content (AvgIpc) is 2.24. The van der Waals surface area contributed by atoms with Crippen molar-refractivity contribution < 1.29 is 4.79 Å². The van der Waals surface area contributed by atoms with Gasteiger partial charge in [0.1, 0.15) is 5.78 Å². The van der Waals surface area contributed by atoms with E-state index in [1.807, 2.05) is 7.05 Å². The van der Waals surface area contributed by atoms with Gasteiger partial charge < -0.3 is 0 Å². The van der Waals surface area contributed by atoms with Crippen LogP contribution in [-0.2, 0) is 11.2 Å². The lowest BCUT2D eigenvalue weighted by Crippen LogP contribution is -2.26. The number of rotatable bonds is 5. The van der Waals surface area contributed by atoms with Crippen LogP contribution in [-0.4, -0.2) is 30.8 Å². The third-order valence-corrected chi connectivity index (χ3v) is 3.43. The second-order valence-corrected chi connectivity index (χ2v) is 4.98. The Morgan fingerprint density at radius 3 is 2.41 bits per heavy atom. The first-order chi connectivity index (χ1) is 7.91. The number of nitrogens with zero attached hydrogens (tertiary/aromatic N) is 1. The highest BCUT2D eigenvalue weighted by atomic mass is 16.1. The molecule has 0 radical (unpaired) electrons. The van der Waals surface area contributed by atoms with Crippen LogP contribution in [0, 0.1) is 20.8 Å². The summed E-state index contributed by atoms with van der Waals surface area (Å²) in [5, 5.41) is 0. The molecule has 0 heterocycles. The van der Waals surface area contributed by atoms with Crippen LogP contribution in [0.15, 0.2) is 12.1 Å². The molecule has 0 aliphatic rings. The lowest BCUT2D eigenvalue weighted by Gasteiger charge is -2.16. The number of benzene rings is 1. The molecule has 0 saturated heterocycles. The van der Waals surface area contributed by atoms with Crippen LogP contribution < -0.4 is 0 Å². The van der Waals surface area contributed by atoms with Crippen molar-refractivity contribution in [1.82, 2.24) is 4.90 Å². The van der Waals surface area contributed by atoms with Gasteiger partial charge in [0.25, 0.3) is 0 Å². The predicted molar refractivity (Wildman–Crippen MR) is 72.5 cm³/mol. The highest BCUT2D eigenvalue weighted by Gasteiger charge is 2.06. The second kappa shape index (κ2) is 5.97. The fraction of sp³-hybridized carbons (Fsp3) is 0.533. The van der Waals surface area contributed by atoms with Crippen molar-refractivity contribution in [3.05, 3.63) is 34.4 Å². The summed E-state index contributed by atoms with van der Waals surface area (Å²) < 4.78 is 0. The molecule has 17 heavy (non-hydrogen) atoms. The molecule has 0 N–H and O–H groups in total. The summed E-state index contributed by atoms with van der Waals surface area (Å²) in [5.41, 5.74) is 5.52. The Morgan fingerprint density at radius 2 is 1.82 bits per heavy atom. The van der Waals surface area contributed by atoms with Gasteiger partial charge >= 0.3 is 0 Å². The van der Waals surface area contributed by atoms with Crippen LogP contribution in [0.4, 0.5) is 0 Å². The molecule has 1 aromatic rings. The number of hydrogen-bond acceptors (Lipinski definition) is 2. The molecule has 0 amide bonds. The Morgan fingerprint density at radius 1 is 1.18 bits per heavy atom. The molecule has 1 rings (SSSR count). The zero-order valence-electron chi connectivity index (χ0n) is 11.6. The highest BCUT2D eigenvalue weighted by molar-refractivity contribution is 5.77. The molecule has 0 unspecified atom stereocenters. The SMILES string of the molecule is CC(=O)CN(C)CCc1ccc(C)c(C)c1C. The number of likely N-dealkylation sites (N-methyl/N-ethyl adjacent to an activating group) is 1. The van der Waals surface area contributed by atoms with Gasteiger partial charge in [-0.3, -0.25) is 9.69 Å². The van der Waals surface area contributed by atoms with Crippen molar-refractivity contribution in [2.24, 2.45) is 0 Å². The van der Waals surface area contributed by atoms with Gasteiger partial charge in [-0.15, -0.1) is 0 Å². The number of ketones is 1. The standard InChI is InChI=1S/C15H23NO/c1-11-6-7-15(14(4)13(11)3)8-9-16(5)10-12(2)17/h6-7H,8-10H2,1-5H3. The predicted octanol–water partition coefficient (Wildman–Crippen LogP) is 2.68. The minimum atomic E-state index is 0.226. The van der Waals surface area contributed by atoms with Crippen molar-refractivity contribution in [1.29, 1.82) is 0 Å².